The molecule has 232 valence electrons. The van der Waals surface area contributed by atoms with Crippen molar-refractivity contribution in [2.24, 2.45) is 0 Å². The fourth-order valence-corrected chi connectivity index (χ4v) is 4.97. The number of hydrogen-bond donors (Lipinski definition) is 4. The van der Waals surface area contributed by atoms with Crippen molar-refractivity contribution in [3.05, 3.63) is 88.6 Å². The van der Waals surface area contributed by atoms with Crippen LogP contribution in [0.2, 0.25) is 0 Å². The fourth-order valence-electron chi connectivity index (χ4n) is 4.31. The Balaban J connectivity index is 0.000000246. The van der Waals surface area contributed by atoms with Crippen molar-refractivity contribution in [3.8, 4) is 0 Å². The highest BCUT2D eigenvalue weighted by Crippen LogP contribution is 2.34. The van der Waals surface area contributed by atoms with Crippen LogP contribution in [0.15, 0.2) is 67.0 Å². The van der Waals surface area contributed by atoms with Crippen molar-refractivity contribution in [1.29, 1.82) is 0 Å². The first-order valence-electron chi connectivity index (χ1n) is 13.7. The summed E-state index contributed by atoms with van der Waals surface area (Å²) in [5, 5.41) is 14.8. The number of nitrogen functional groups attached to an aromatic ring is 1. The van der Waals surface area contributed by atoms with Crippen LogP contribution < -0.4 is 21.3 Å². The molecule has 0 unspecified atom stereocenters. The number of pyridine rings is 1. The second-order valence-corrected chi connectivity index (χ2v) is 10.9. The monoisotopic (exact) mass is 627 g/mol. The molecule has 10 nitrogen and oxygen atoms in total. The van der Waals surface area contributed by atoms with Crippen LogP contribution in [-0.4, -0.2) is 64.6 Å². The van der Waals surface area contributed by atoms with E-state index in [4.69, 9.17) is 10.8 Å². The summed E-state index contributed by atoms with van der Waals surface area (Å²) in [6.07, 6.45) is -1.57. The summed E-state index contributed by atoms with van der Waals surface area (Å²) < 4.78 is 40.3. The number of aromatic nitrogens is 2. The van der Waals surface area contributed by atoms with Gasteiger partial charge in [-0.25, -0.2) is 14.8 Å². The van der Waals surface area contributed by atoms with Gasteiger partial charge in [0.25, 0.3) is 5.91 Å². The third kappa shape index (κ3) is 8.67. The minimum atomic E-state index is -4.54. The second kappa shape index (κ2) is 14.2. The molecule has 0 aliphatic carbocycles. The van der Waals surface area contributed by atoms with Gasteiger partial charge in [-0.15, -0.1) is 0 Å². The van der Waals surface area contributed by atoms with E-state index in [1.165, 1.54) is 12.3 Å². The van der Waals surface area contributed by atoms with Gasteiger partial charge in [-0.05, 0) is 61.5 Å². The van der Waals surface area contributed by atoms with E-state index >= 15 is 0 Å². The molecular weight excluding hydrogens is 595 g/mol. The van der Waals surface area contributed by atoms with E-state index in [1.54, 1.807) is 36.5 Å². The molecule has 1 amide bonds. The van der Waals surface area contributed by atoms with Crippen molar-refractivity contribution in [1.82, 2.24) is 14.9 Å². The number of likely N-dealkylation sites (N-methyl/N-ethyl adjacent to an activating group) is 1. The normalized spacial score (nSPS) is 13.5. The predicted molar refractivity (Wildman–Crippen MR) is 166 cm³/mol. The number of thiazole rings is 1. The Morgan fingerprint density at radius 1 is 1.05 bits per heavy atom. The topological polar surface area (TPSA) is 137 Å². The lowest BCUT2D eigenvalue weighted by Gasteiger charge is -2.36. The highest BCUT2D eigenvalue weighted by Gasteiger charge is 2.32. The molecule has 5 N–H and O–H groups in total. The van der Waals surface area contributed by atoms with E-state index in [1.807, 2.05) is 17.9 Å². The van der Waals surface area contributed by atoms with Crippen LogP contribution >= 0.6 is 11.3 Å². The van der Waals surface area contributed by atoms with Crippen LogP contribution in [0.25, 0.3) is 0 Å². The molecule has 1 fully saturated rings. The Morgan fingerprint density at radius 3 is 2.39 bits per heavy atom. The number of carboxylic acids is 1. The highest BCUT2D eigenvalue weighted by molar-refractivity contribution is 7.17. The number of halogens is 3. The molecule has 1 aliphatic heterocycles. The van der Waals surface area contributed by atoms with Gasteiger partial charge >= 0.3 is 12.1 Å². The van der Waals surface area contributed by atoms with Gasteiger partial charge in [-0.2, -0.15) is 13.2 Å². The molecule has 14 heteroatoms. The summed E-state index contributed by atoms with van der Waals surface area (Å²) in [4.78, 5) is 35.6. The molecule has 5 rings (SSSR count). The second-order valence-electron chi connectivity index (χ2n) is 9.89. The molecule has 2 aromatic carbocycles. The molecule has 0 atom stereocenters. The zero-order chi connectivity index (χ0) is 31.9. The van der Waals surface area contributed by atoms with Gasteiger partial charge in [0.05, 0.1) is 11.8 Å². The Bertz CT molecular complexity index is 1590. The van der Waals surface area contributed by atoms with Crippen molar-refractivity contribution < 1.29 is 27.9 Å². The number of carbonyl (C=O) groups excluding carboxylic acids is 1. The van der Waals surface area contributed by atoms with Crippen LogP contribution in [0.4, 0.5) is 41.2 Å². The average Bonchev–Trinajstić information content (AvgIpc) is 3.48. The number of alkyl halides is 3. The number of carboxylic acid groups (broad SMARTS) is 1. The number of amides is 1. The molecule has 1 saturated heterocycles. The third-order valence-electron chi connectivity index (χ3n) is 6.85. The maximum Gasteiger partial charge on any atom is 0.416 e. The summed E-state index contributed by atoms with van der Waals surface area (Å²) >= 11 is 1.07. The number of hydrogen-bond acceptors (Lipinski definition) is 9. The molecule has 1 aliphatic rings. The van der Waals surface area contributed by atoms with E-state index in [0.29, 0.717) is 41.1 Å². The van der Waals surface area contributed by atoms with Gasteiger partial charge < -0.3 is 31.3 Å². The fraction of sp³-hybridized carbons (Fsp3) is 0.267. The van der Waals surface area contributed by atoms with Crippen LogP contribution in [0, 0.1) is 6.92 Å². The maximum atomic E-state index is 13.4. The Labute approximate surface area is 256 Å². The largest absolute Gasteiger partial charge is 0.477 e. The van der Waals surface area contributed by atoms with Gasteiger partial charge in [0.15, 0.2) is 5.13 Å². The predicted octanol–water partition coefficient (Wildman–Crippen LogP) is 5.97. The molecule has 0 spiro atoms. The van der Waals surface area contributed by atoms with E-state index in [9.17, 15) is 22.8 Å². The van der Waals surface area contributed by atoms with Gasteiger partial charge in [0.1, 0.15) is 10.7 Å². The van der Waals surface area contributed by atoms with E-state index in [-0.39, 0.29) is 10.4 Å². The number of aryl methyl sites for hydroxylation is 1. The SMILES string of the molecule is CCN1CCN(c2cc(C(=O)Nc3ccc(C)c(N)c3)cc(C(F)(F)F)c2)CC1.O=C(O)c1cnc(Nc2ccccn2)s1. The standard InChI is InChI=1S/C21H25F3N4O.C9H7N3O2S/c1-3-27-6-8-28(9-7-27)18-11-15(10-16(12-18)21(22,23)24)20(29)26-17-5-4-14(2)19(25)13-17;13-8(14)6-5-11-9(15-6)12-7-3-1-2-4-10-7/h4-5,10-13H,3,6-9,25H2,1-2H3,(H,26,29);1-5H,(H,13,14)(H,10,11,12). The molecule has 2 aromatic heterocycles. The lowest BCUT2D eigenvalue weighted by molar-refractivity contribution is -0.137. The maximum absolute atomic E-state index is 13.4. The zero-order valence-electron chi connectivity index (χ0n) is 24.1. The Kier molecular flexibility index (Phi) is 10.4. The summed E-state index contributed by atoms with van der Waals surface area (Å²) in [7, 11) is 0. The quantitative estimate of drug-likeness (QED) is 0.183. The van der Waals surface area contributed by atoms with Crippen molar-refractivity contribution in [3.63, 3.8) is 0 Å². The van der Waals surface area contributed by atoms with Crippen molar-refractivity contribution >= 4 is 51.2 Å². The van der Waals surface area contributed by atoms with Gasteiger partial charge in [-0.3, -0.25) is 4.79 Å². The van der Waals surface area contributed by atoms with E-state index in [2.05, 4.69) is 32.4 Å². The minimum Gasteiger partial charge on any atom is -0.477 e. The van der Waals surface area contributed by atoms with Gasteiger partial charge in [0.2, 0.25) is 0 Å². The van der Waals surface area contributed by atoms with Gasteiger partial charge in [-0.1, -0.05) is 30.4 Å². The molecule has 0 bridgehead atoms. The molecule has 0 radical (unpaired) electrons. The number of anilines is 5. The van der Waals surface area contributed by atoms with Crippen molar-refractivity contribution in [2.45, 2.75) is 20.0 Å². The summed E-state index contributed by atoms with van der Waals surface area (Å²) in [6, 6.07) is 13.9. The summed E-state index contributed by atoms with van der Waals surface area (Å²) in [6.45, 7) is 7.57. The first-order chi connectivity index (χ1) is 20.9. The van der Waals surface area contributed by atoms with Crippen LogP contribution in [0.3, 0.4) is 0 Å². The average molecular weight is 628 g/mol. The minimum absolute atomic E-state index is 0.0353. The number of nitrogens with zero attached hydrogens (tertiary/aromatic N) is 4. The number of nitrogens with one attached hydrogen (secondary N) is 2. The highest BCUT2D eigenvalue weighted by atomic mass is 32.1. The lowest BCUT2D eigenvalue weighted by Crippen LogP contribution is -2.46. The number of nitrogens with two attached hydrogens (primary N) is 1. The molecule has 3 heterocycles. The summed E-state index contributed by atoms with van der Waals surface area (Å²) in [5.74, 6) is -0.932. The van der Waals surface area contributed by atoms with Crippen molar-refractivity contribution in [2.75, 3.05) is 54.0 Å². The Hall–Kier alpha value is -4.69. The van der Waals surface area contributed by atoms with Crippen LogP contribution in [0.1, 0.15) is 38.1 Å². The summed E-state index contributed by atoms with van der Waals surface area (Å²) in [5.41, 5.74) is 7.19. The van der Waals surface area contributed by atoms with Crippen LogP contribution in [0.5, 0.6) is 0 Å². The first-order valence-corrected chi connectivity index (χ1v) is 14.5. The number of benzene rings is 2. The lowest BCUT2D eigenvalue weighted by atomic mass is 10.1. The van der Waals surface area contributed by atoms with Gasteiger partial charge in [0, 0.05) is 55.0 Å². The molecular formula is C30H32F3N7O3S. The number of carbonyl (C=O) groups is 2. The van der Waals surface area contributed by atoms with E-state index in [0.717, 1.165) is 48.7 Å². The molecule has 0 saturated carbocycles. The zero-order valence-corrected chi connectivity index (χ0v) is 24.9. The third-order valence-corrected chi connectivity index (χ3v) is 7.75. The Morgan fingerprint density at radius 2 is 1.80 bits per heavy atom. The first kappa shape index (κ1) is 32.2. The molecule has 4 aromatic rings. The number of piperazine rings is 1. The van der Waals surface area contributed by atoms with E-state index < -0.39 is 23.6 Å². The number of aromatic carboxylic acids is 1. The molecule has 44 heavy (non-hydrogen) atoms. The van der Waals surface area contributed by atoms with Crippen LogP contribution in [-0.2, 0) is 6.18 Å². The smallest absolute Gasteiger partial charge is 0.416 e. The number of rotatable bonds is 7.